The minimum absolute atomic E-state index is 0.252. The van der Waals surface area contributed by atoms with E-state index in [1.54, 1.807) is 6.07 Å². The first kappa shape index (κ1) is 15.7. The van der Waals surface area contributed by atoms with E-state index in [4.69, 9.17) is 9.84 Å². The van der Waals surface area contributed by atoms with Gasteiger partial charge in [0, 0.05) is 18.8 Å². The highest BCUT2D eigenvalue weighted by molar-refractivity contribution is 5.89. The molecular formula is C12H14F2N2O4. The Kier molecular flexibility index (Phi) is 5.70. The van der Waals surface area contributed by atoms with Gasteiger partial charge in [0.25, 0.3) is 6.43 Å². The van der Waals surface area contributed by atoms with Gasteiger partial charge in [-0.05, 0) is 12.1 Å². The Balaban J connectivity index is 2.61. The summed E-state index contributed by atoms with van der Waals surface area (Å²) in [5, 5.41) is 10.9. The Bertz CT molecular complexity index is 482. The summed E-state index contributed by atoms with van der Waals surface area (Å²) in [5.74, 6) is -0.877. The van der Waals surface area contributed by atoms with Crippen LogP contribution in [-0.4, -0.2) is 48.6 Å². The van der Waals surface area contributed by atoms with E-state index in [9.17, 15) is 18.4 Å². The van der Waals surface area contributed by atoms with Crippen molar-refractivity contribution in [3.05, 3.63) is 24.3 Å². The van der Waals surface area contributed by atoms with Gasteiger partial charge in [-0.25, -0.2) is 18.4 Å². The van der Waals surface area contributed by atoms with Gasteiger partial charge in [-0.15, -0.1) is 0 Å². The van der Waals surface area contributed by atoms with Crippen LogP contribution < -0.4 is 10.1 Å². The monoisotopic (exact) mass is 288 g/mol. The van der Waals surface area contributed by atoms with Gasteiger partial charge in [-0.3, -0.25) is 0 Å². The summed E-state index contributed by atoms with van der Waals surface area (Å²) in [5.41, 5.74) is 0.319. The number of urea groups is 1. The Morgan fingerprint density at radius 1 is 1.45 bits per heavy atom. The maximum Gasteiger partial charge on any atom is 0.341 e. The van der Waals surface area contributed by atoms with E-state index < -0.39 is 31.6 Å². The molecule has 0 fully saturated rings. The molecule has 8 heteroatoms. The number of carboxylic acids is 1. The number of carbonyl (C=O) groups is 2. The van der Waals surface area contributed by atoms with Gasteiger partial charge in [0.15, 0.2) is 6.61 Å². The fraction of sp³-hybridized carbons (Fsp3) is 0.333. The Morgan fingerprint density at radius 3 is 2.75 bits per heavy atom. The summed E-state index contributed by atoms with van der Waals surface area (Å²) < 4.78 is 29.2. The topological polar surface area (TPSA) is 78.9 Å². The molecule has 0 aliphatic carbocycles. The number of nitrogens with one attached hydrogen (secondary N) is 1. The number of benzene rings is 1. The van der Waals surface area contributed by atoms with Gasteiger partial charge >= 0.3 is 12.0 Å². The predicted molar refractivity (Wildman–Crippen MR) is 67.2 cm³/mol. The van der Waals surface area contributed by atoms with Crippen LogP contribution >= 0.6 is 0 Å². The van der Waals surface area contributed by atoms with Crippen LogP contribution in [0.25, 0.3) is 0 Å². The summed E-state index contributed by atoms with van der Waals surface area (Å²) in [6.45, 7) is -1.19. The Labute approximate surface area is 113 Å². The highest BCUT2D eigenvalue weighted by atomic mass is 19.3. The second-order valence-electron chi connectivity index (χ2n) is 3.91. The zero-order valence-corrected chi connectivity index (χ0v) is 10.7. The fourth-order valence-electron chi connectivity index (χ4n) is 1.32. The van der Waals surface area contributed by atoms with E-state index in [2.05, 4.69) is 5.32 Å². The summed E-state index contributed by atoms with van der Waals surface area (Å²) in [6.07, 6.45) is -2.61. The van der Waals surface area contributed by atoms with Crippen molar-refractivity contribution in [1.29, 1.82) is 0 Å². The van der Waals surface area contributed by atoms with Gasteiger partial charge in [-0.1, -0.05) is 6.07 Å². The second-order valence-corrected chi connectivity index (χ2v) is 3.91. The zero-order chi connectivity index (χ0) is 15.1. The third kappa shape index (κ3) is 5.51. The maximum absolute atomic E-state index is 12.1. The average Bonchev–Trinajstić information content (AvgIpc) is 2.36. The van der Waals surface area contributed by atoms with Crippen LogP contribution in [0.15, 0.2) is 24.3 Å². The zero-order valence-electron chi connectivity index (χ0n) is 10.7. The van der Waals surface area contributed by atoms with Gasteiger partial charge < -0.3 is 20.1 Å². The van der Waals surface area contributed by atoms with Crippen molar-refractivity contribution < 1.29 is 28.2 Å². The van der Waals surface area contributed by atoms with Crippen LogP contribution in [0.4, 0.5) is 19.3 Å². The van der Waals surface area contributed by atoms with Gasteiger partial charge in [-0.2, -0.15) is 0 Å². The van der Waals surface area contributed by atoms with Crippen LogP contribution in [-0.2, 0) is 4.79 Å². The lowest BCUT2D eigenvalue weighted by molar-refractivity contribution is -0.139. The van der Waals surface area contributed by atoms with E-state index in [0.29, 0.717) is 5.69 Å². The number of nitrogens with zero attached hydrogens (tertiary/aromatic N) is 1. The molecule has 2 N–H and O–H groups in total. The molecule has 0 aliphatic rings. The molecule has 0 radical (unpaired) electrons. The quantitative estimate of drug-likeness (QED) is 0.837. The number of aliphatic carboxylic acids is 1. The van der Waals surface area contributed by atoms with E-state index in [1.165, 1.54) is 25.2 Å². The molecule has 2 amide bonds. The summed E-state index contributed by atoms with van der Waals surface area (Å²) in [6, 6.07) is 5.29. The van der Waals surface area contributed by atoms with Crippen molar-refractivity contribution in [2.45, 2.75) is 6.43 Å². The van der Waals surface area contributed by atoms with Crippen molar-refractivity contribution in [1.82, 2.24) is 4.90 Å². The number of carboxylic acid groups (broad SMARTS) is 1. The lowest BCUT2D eigenvalue weighted by Gasteiger charge is -2.17. The van der Waals surface area contributed by atoms with E-state index in [-0.39, 0.29) is 5.75 Å². The minimum atomic E-state index is -2.61. The molecule has 1 rings (SSSR count). The van der Waals surface area contributed by atoms with Gasteiger partial charge in [0.1, 0.15) is 5.75 Å². The number of ether oxygens (including phenoxy) is 1. The van der Waals surface area contributed by atoms with Crippen LogP contribution in [0, 0.1) is 0 Å². The lowest BCUT2D eigenvalue weighted by atomic mass is 10.3. The summed E-state index contributed by atoms with van der Waals surface area (Å²) in [4.78, 5) is 22.8. The molecule has 1 aromatic rings. The molecule has 20 heavy (non-hydrogen) atoms. The first-order valence-corrected chi connectivity index (χ1v) is 5.63. The van der Waals surface area contributed by atoms with E-state index >= 15 is 0 Å². The number of rotatable bonds is 6. The summed E-state index contributed by atoms with van der Waals surface area (Å²) in [7, 11) is 1.24. The van der Waals surface area contributed by atoms with Gasteiger partial charge in [0.2, 0.25) is 0 Å². The SMILES string of the molecule is CN(CC(F)F)C(=O)Nc1cccc(OCC(=O)O)c1. The number of hydrogen-bond donors (Lipinski definition) is 2. The second kappa shape index (κ2) is 7.27. The lowest BCUT2D eigenvalue weighted by Crippen LogP contribution is -2.34. The molecule has 0 aliphatic heterocycles. The average molecular weight is 288 g/mol. The van der Waals surface area contributed by atoms with Crippen molar-refractivity contribution in [2.75, 3.05) is 25.5 Å². The predicted octanol–water partition coefficient (Wildman–Crippen LogP) is 1.88. The smallest absolute Gasteiger partial charge is 0.341 e. The molecule has 0 saturated carbocycles. The fourth-order valence-corrected chi connectivity index (χ4v) is 1.32. The third-order valence-corrected chi connectivity index (χ3v) is 2.21. The van der Waals surface area contributed by atoms with Crippen molar-refractivity contribution in [3.8, 4) is 5.75 Å². The molecule has 6 nitrogen and oxygen atoms in total. The van der Waals surface area contributed by atoms with Crippen molar-refractivity contribution in [3.63, 3.8) is 0 Å². The van der Waals surface area contributed by atoms with E-state index in [1.807, 2.05) is 0 Å². The van der Waals surface area contributed by atoms with Crippen molar-refractivity contribution in [2.24, 2.45) is 0 Å². The molecular weight excluding hydrogens is 274 g/mol. The number of hydrogen-bond acceptors (Lipinski definition) is 3. The number of alkyl halides is 2. The molecule has 0 bridgehead atoms. The Morgan fingerprint density at radius 2 is 2.15 bits per heavy atom. The molecule has 0 unspecified atom stereocenters. The molecule has 0 aromatic heterocycles. The highest BCUT2D eigenvalue weighted by Crippen LogP contribution is 2.17. The number of halogens is 2. The van der Waals surface area contributed by atoms with Crippen LogP contribution in [0.2, 0.25) is 0 Å². The van der Waals surface area contributed by atoms with Crippen LogP contribution in [0.1, 0.15) is 0 Å². The maximum atomic E-state index is 12.1. The third-order valence-electron chi connectivity index (χ3n) is 2.21. The molecule has 110 valence electrons. The minimum Gasteiger partial charge on any atom is -0.482 e. The number of amides is 2. The standard InChI is InChI=1S/C12H14F2N2O4/c1-16(6-10(13)14)12(19)15-8-3-2-4-9(5-8)20-7-11(17)18/h2-5,10H,6-7H2,1H3,(H,15,19)(H,17,18). The molecule has 0 spiro atoms. The Hall–Kier alpha value is -2.38. The van der Waals surface area contributed by atoms with Crippen LogP contribution in [0.3, 0.4) is 0 Å². The van der Waals surface area contributed by atoms with Crippen molar-refractivity contribution >= 4 is 17.7 Å². The van der Waals surface area contributed by atoms with E-state index in [0.717, 1.165) is 4.90 Å². The molecule has 0 heterocycles. The first-order chi connectivity index (χ1) is 9.38. The normalized spacial score (nSPS) is 10.2. The number of carbonyl (C=O) groups excluding carboxylic acids is 1. The number of anilines is 1. The molecule has 0 saturated heterocycles. The molecule has 1 aromatic carbocycles. The first-order valence-electron chi connectivity index (χ1n) is 5.63. The largest absolute Gasteiger partial charge is 0.482 e. The highest BCUT2D eigenvalue weighted by Gasteiger charge is 2.14. The molecule has 0 atom stereocenters. The van der Waals surface area contributed by atoms with Crippen LogP contribution in [0.5, 0.6) is 5.75 Å². The summed E-state index contributed by atoms with van der Waals surface area (Å²) >= 11 is 0. The van der Waals surface area contributed by atoms with Gasteiger partial charge in [0.05, 0.1) is 6.54 Å².